The molecule has 1 N–H and O–H groups in total. The van der Waals surface area contributed by atoms with Gasteiger partial charge in [-0.1, -0.05) is 24.3 Å². The van der Waals surface area contributed by atoms with Crippen LogP contribution in [0.3, 0.4) is 0 Å². The van der Waals surface area contributed by atoms with Crippen molar-refractivity contribution in [3.8, 4) is 5.75 Å². The van der Waals surface area contributed by atoms with Crippen LogP contribution in [0.5, 0.6) is 5.75 Å². The number of fused-ring (bicyclic) bond motifs is 1. The molecule has 0 bridgehead atoms. The van der Waals surface area contributed by atoms with Gasteiger partial charge in [0.05, 0.1) is 12.8 Å². The van der Waals surface area contributed by atoms with Gasteiger partial charge in [-0.2, -0.15) is 0 Å². The number of rotatable bonds is 4. The number of ether oxygens (including phenoxy) is 1. The zero-order chi connectivity index (χ0) is 13.4. The highest BCUT2D eigenvalue weighted by molar-refractivity contribution is 7.80. The van der Waals surface area contributed by atoms with Crippen molar-refractivity contribution in [2.45, 2.75) is 18.9 Å². The van der Waals surface area contributed by atoms with E-state index in [1.54, 1.807) is 11.4 Å². The average molecular weight is 277 g/mol. The molecular formula is C14H15NO3S. The van der Waals surface area contributed by atoms with Crippen LogP contribution < -0.4 is 9.04 Å². The molecule has 0 aromatic heterocycles. The summed E-state index contributed by atoms with van der Waals surface area (Å²) in [5.41, 5.74) is 0.791. The third-order valence-electron chi connectivity index (χ3n) is 3.37. The first-order valence-electron chi connectivity index (χ1n) is 6.18. The minimum Gasteiger partial charge on any atom is -0.496 e. The summed E-state index contributed by atoms with van der Waals surface area (Å²) in [5, 5.41) is 1.90. The molecule has 1 unspecified atom stereocenters. The van der Waals surface area contributed by atoms with Crippen LogP contribution in [0.1, 0.15) is 12.8 Å². The van der Waals surface area contributed by atoms with E-state index in [4.69, 9.17) is 4.74 Å². The molecule has 1 aliphatic rings. The van der Waals surface area contributed by atoms with E-state index in [2.05, 4.69) is 0 Å². The minimum atomic E-state index is -1.99. The highest BCUT2D eigenvalue weighted by Crippen LogP contribution is 2.39. The first-order valence-corrected chi connectivity index (χ1v) is 7.24. The molecule has 100 valence electrons. The number of anilines is 1. The fourth-order valence-corrected chi connectivity index (χ4v) is 3.14. The number of methoxy groups -OCH3 is 1. The number of hydrogen-bond acceptors (Lipinski definition) is 2. The van der Waals surface area contributed by atoms with E-state index in [0.717, 1.165) is 35.1 Å². The normalized spacial score (nSPS) is 16.3. The van der Waals surface area contributed by atoms with Crippen molar-refractivity contribution in [3.05, 3.63) is 36.4 Å². The van der Waals surface area contributed by atoms with Crippen molar-refractivity contribution in [2.75, 3.05) is 11.4 Å². The molecule has 0 aliphatic heterocycles. The lowest BCUT2D eigenvalue weighted by Gasteiger charge is -2.22. The molecule has 3 rings (SSSR count). The van der Waals surface area contributed by atoms with Crippen LogP contribution in [0, 0.1) is 0 Å². The Morgan fingerprint density at radius 3 is 2.47 bits per heavy atom. The molecular weight excluding hydrogens is 262 g/mol. The van der Waals surface area contributed by atoms with Gasteiger partial charge in [0.15, 0.2) is 0 Å². The third-order valence-corrected chi connectivity index (χ3v) is 4.20. The first kappa shape index (κ1) is 12.4. The van der Waals surface area contributed by atoms with Crippen molar-refractivity contribution in [3.63, 3.8) is 0 Å². The van der Waals surface area contributed by atoms with Gasteiger partial charge in [-0.25, -0.2) is 4.21 Å². The summed E-state index contributed by atoms with van der Waals surface area (Å²) in [7, 11) is 1.63. The Balaban J connectivity index is 2.21. The predicted octanol–water partition coefficient (Wildman–Crippen LogP) is 2.95. The summed E-state index contributed by atoms with van der Waals surface area (Å²) in [6.07, 6.45) is 1.93. The van der Waals surface area contributed by atoms with Gasteiger partial charge in [0, 0.05) is 16.8 Å². The number of nitrogens with zero attached hydrogens (tertiary/aromatic N) is 1. The monoisotopic (exact) mass is 277 g/mol. The lowest BCUT2D eigenvalue weighted by molar-refractivity contribution is 0.420. The van der Waals surface area contributed by atoms with E-state index in [1.807, 2.05) is 36.4 Å². The van der Waals surface area contributed by atoms with Gasteiger partial charge < -0.3 is 4.74 Å². The minimum absolute atomic E-state index is 0.169. The van der Waals surface area contributed by atoms with Crippen LogP contribution >= 0.6 is 0 Å². The maximum absolute atomic E-state index is 11.6. The summed E-state index contributed by atoms with van der Waals surface area (Å²) >= 11 is -1.99. The van der Waals surface area contributed by atoms with Crippen molar-refractivity contribution in [2.24, 2.45) is 0 Å². The van der Waals surface area contributed by atoms with Gasteiger partial charge in [-0.15, -0.1) is 0 Å². The maximum atomic E-state index is 11.6. The topological polar surface area (TPSA) is 49.8 Å². The molecule has 1 saturated carbocycles. The Morgan fingerprint density at radius 2 is 1.89 bits per heavy atom. The lowest BCUT2D eigenvalue weighted by Crippen LogP contribution is -2.27. The SMILES string of the molecule is COc1ccc(N(C2CC2)S(=O)O)c2ccccc12. The van der Waals surface area contributed by atoms with Crippen molar-refractivity contribution < 1.29 is 13.5 Å². The zero-order valence-electron chi connectivity index (χ0n) is 10.6. The molecule has 19 heavy (non-hydrogen) atoms. The van der Waals surface area contributed by atoms with Crippen LogP contribution in [0.2, 0.25) is 0 Å². The van der Waals surface area contributed by atoms with Gasteiger partial charge >= 0.3 is 0 Å². The van der Waals surface area contributed by atoms with E-state index < -0.39 is 11.3 Å². The van der Waals surface area contributed by atoms with Crippen LogP contribution in [0.25, 0.3) is 10.8 Å². The van der Waals surface area contributed by atoms with Crippen molar-refractivity contribution in [1.29, 1.82) is 0 Å². The molecule has 0 amide bonds. The predicted molar refractivity (Wildman–Crippen MR) is 76.8 cm³/mol. The fourth-order valence-electron chi connectivity index (χ4n) is 2.34. The van der Waals surface area contributed by atoms with Crippen molar-refractivity contribution >= 4 is 27.7 Å². The maximum Gasteiger partial charge on any atom is 0.262 e. The van der Waals surface area contributed by atoms with E-state index >= 15 is 0 Å². The molecule has 0 spiro atoms. The molecule has 2 aromatic rings. The highest BCUT2D eigenvalue weighted by atomic mass is 32.2. The quantitative estimate of drug-likeness (QED) is 0.874. The average Bonchev–Trinajstić information content (AvgIpc) is 3.23. The summed E-state index contributed by atoms with van der Waals surface area (Å²) in [6.45, 7) is 0. The van der Waals surface area contributed by atoms with E-state index in [1.165, 1.54) is 0 Å². The van der Waals surface area contributed by atoms with Gasteiger partial charge in [-0.05, 0) is 25.0 Å². The Kier molecular flexibility index (Phi) is 3.16. The molecule has 0 saturated heterocycles. The van der Waals surface area contributed by atoms with Crippen molar-refractivity contribution in [1.82, 2.24) is 0 Å². The van der Waals surface area contributed by atoms with E-state index in [-0.39, 0.29) is 6.04 Å². The molecule has 1 aliphatic carbocycles. The highest BCUT2D eigenvalue weighted by Gasteiger charge is 2.33. The molecule has 1 atom stereocenters. The Bertz CT molecular complexity index is 640. The zero-order valence-corrected chi connectivity index (χ0v) is 11.4. The van der Waals surface area contributed by atoms with Gasteiger partial charge in [0.2, 0.25) is 0 Å². The number of benzene rings is 2. The Morgan fingerprint density at radius 1 is 1.21 bits per heavy atom. The van der Waals surface area contributed by atoms with Gasteiger partial charge in [0.25, 0.3) is 11.3 Å². The van der Waals surface area contributed by atoms with Crippen LogP contribution in [0.4, 0.5) is 5.69 Å². The van der Waals surface area contributed by atoms with Gasteiger partial charge in [0.1, 0.15) is 5.75 Å². The molecule has 0 heterocycles. The smallest absolute Gasteiger partial charge is 0.262 e. The first-order chi connectivity index (χ1) is 9.22. The lowest BCUT2D eigenvalue weighted by atomic mass is 10.1. The Hall–Kier alpha value is -1.59. The van der Waals surface area contributed by atoms with E-state index in [0.29, 0.717) is 0 Å². The van der Waals surface area contributed by atoms with Gasteiger partial charge in [-0.3, -0.25) is 8.86 Å². The summed E-state index contributed by atoms with van der Waals surface area (Å²) in [6, 6.07) is 11.6. The molecule has 1 fully saturated rings. The second kappa shape index (κ2) is 4.83. The van der Waals surface area contributed by atoms with Crippen LogP contribution in [-0.4, -0.2) is 21.9 Å². The second-order valence-corrected chi connectivity index (χ2v) is 5.48. The van der Waals surface area contributed by atoms with Crippen LogP contribution in [0.15, 0.2) is 36.4 Å². The second-order valence-electron chi connectivity index (χ2n) is 4.62. The fraction of sp³-hybridized carbons (Fsp3) is 0.286. The standard InChI is InChI=1S/C14H15NO3S/c1-18-14-9-8-13(11-4-2-3-5-12(11)14)15(19(16)17)10-6-7-10/h2-5,8-10H,6-7H2,1H3,(H,16,17). The molecule has 4 nitrogen and oxygen atoms in total. The number of hydrogen-bond donors (Lipinski definition) is 1. The Labute approximate surface area is 114 Å². The molecule has 5 heteroatoms. The van der Waals surface area contributed by atoms with Crippen LogP contribution in [-0.2, 0) is 11.3 Å². The largest absolute Gasteiger partial charge is 0.496 e. The summed E-state index contributed by atoms with van der Waals surface area (Å²) in [4.78, 5) is 0. The summed E-state index contributed by atoms with van der Waals surface area (Å²) < 4.78 is 28.0. The van der Waals surface area contributed by atoms with E-state index in [9.17, 15) is 8.76 Å². The molecule has 2 aromatic carbocycles. The summed E-state index contributed by atoms with van der Waals surface area (Å²) in [5.74, 6) is 0.777. The molecule has 0 radical (unpaired) electrons. The third kappa shape index (κ3) is 2.19.